The molecule has 3 aromatic carbocycles. The van der Waals surface area contributed by atoms with Crippen LogP contribution in [0, 0.1) is 17.8 Å². The molecule has 2 amide bonds. The maximum atomic E-state index is 14.3. The number of benzene rings is 3. The molecule has 2 aliphatic heterocycles. The maximum absolute atomic E-state index is 14.3. The number of carbonyl (C=O) groups is 3. The molecule has 1 atom stereocenters. The molecular formula is C31H27Cl2N3O3. The lowest BCUT2D eigenvalue weighted by Gasteiger charge is -2.54. The van der Waals surface area contributed by atoms with Gasteiger partial charge in [-0.05, 0) is 89.2 Å². The van der Waals surface area contributed by atoms with Crippen LogP contribution in [0.5, 0.6) is 0 Å². The highest BCUT2D eigenvalue weighted by molar-refractivity contribution is 6.34. The molecule has 0 radical (unpaired) electrons. The van der Waals surface area contributed by atoms with Crippen molar-refractivity contribution in [1.29, 1.82) is 0 Å². The van der Waals surface area contributed by atoms with Gasteiger partial charge in [-0.1, -0.05) is 40.9 Å². The van der Waals surface area contributed by atoms with Crippen LogP contribution in [0.3, 0.4) is 0 Å². The van der Waals surface area contributed by atoms with Crippen molar-refractivity contribution in [3.63, 3.8) is 0 Å². The molecule has 0 bridgehead atoms. The van der Waals surface area contributed by atoms with Gasteiger partial charge >= 0.3 is 0 Å². The van der Waals surface area contributed by atoms with Crippen LogP contribution in [0.4, 0.5) is 17.1 Å². The van der Waals surface area contributed by atoms with Crippen LogP contribution in [0.15, 0.2) is 66.7 Å². The van der Waals surface area contributed by atoms with E-state index in [9.17, 15) is 14.4 Å². The minimum Gasteiger partial charge on any atom is -0.313 e. The van der Waals surface area contributed by atoms with Crippen molar-refractivity contribution in [1.82, 2.24) is 4.57 Å². The SMILES string of the molecule is Cc1ccc(N2C(=O)C(C)(C)C2n2c3c(c4cc(Cl)ccc42)N(c2ccc(Cl)cc2)C(=O)C(C)(C)C3=O)cc1. The molecule has 2 aliphatic rings. The summed E-state index contributed by atoms with van der Waals surface area (Å²) in [6.07, 6.45) is -0.514. The molecular weight excluding hydrogens is 533 g/mol. The number of carbonyl (C=O) groups excluding carboxylic acids is 3. The number of halogens is 2. The largest absolute Gasteiger partial charge is 0.313 e. The molecule has 1 saturated heterocycles. The Labute approximate surface area is 236 Å². The van der Waals surface area contributed by atoms with E-state index in [-0.39, 0.29) is 17.6 Å². The zero-order valence-electron chi connectivity index (χ0n) is 22.3. The third-order valence-corrected chi connectivity index (χ3v) is 8.47. The normalized spacial score (nSPS) is 19.9. The smallest absolute Gasteiger partial charge is 0.245 e. The molecule has 0 N–H and O–H groups in total. The Morgan fingerprint density at radius 3 is 1.97 bits per heavy atom. The molecule has 3 heterocycles. The van der Waals surface area contributed by atoms with E-state index in [1.54, 1.807) is 60.0 Å². The summed E-state index contributed by atoms with van der Waals surface area (Å²) < 4.78 is 1.93. The molecule has 0 aliphatic carbocycles. The van der Waals surface area contributed by atoms with Gasteiger partial charge in [0.25, 0.3) is 0 Å². The quantitative estimate of drug-likeness (QED) is 0.190. The zero-order valence-corrected chi connectivity index (χ0v) is 23.8. The third-order valence-electron chi connectivity index (χ3n) is 7.98. The average Bonchev–Trinajstić information content (AvgIpc) is 3.20. The van der Waals surface area contributed by atoms with E-state index in [1.165, 1.54) is 0 Å². The van der Waals surface area contributed by atoms with Gasteiger partial charge in [0.2, 0.25) is 11.8 Å². The first-order valence-electron chi connectivity index (χ1n) is 12.7. The molecule has 1 aromatic heterocycles. The van der Waals surface area contributed by atoms with Crippen molar-refractivity contribution in [2.24, 2.45) is 10.8 Å². The topological polar surface area (TPSA) is 62.6 Å². The predicted molar refractivity (Wildman–Crippen MR) is 155 cm³/mol. The number of rotatable bonds is 3. The fraction of sp³-hybridized carbons (Fsp3) is 0.258. The highest BCUT2D eigenvalue weighted by atomic mass is 35.5. The van der Waals surface area contributed by atoms with E-state index < -0.39 is 17.0 Å². The number of nitrogens with zero attached hydrogens (tertiary/aromatic N) is 3. The minimum absolute atomic E-state index is 0.0472. The number of fused-ring (bicyclic) bond motifs is 3. The van der Waals surface area contributed by atoms with Gasteiger partial charge in [-0.25, -0.2) is 0 Å². The lowest BCUT2D eigenvalue weighted by molar-refractivity contribution is -0.140. The minimum atomic E-state index is -1.35. The maximum Gasteiger partial charge on any atom is 0.245 e. The van der Waals surface area contributed by atoms with Crippen molar-refractivity contribution in [3.05, 3.63) is 88.0 Å². The second kappa shape index (κ2) is 8.44. The van der Waals surface area contributed by atoms with Crippen LogP contribution in [-0.2, 0) is 9.59 Å². The first-order valence-corrected chi connectivity index (χ1v) is 13.5. The van der Waals surface area contributed by atoms with Crippen LogP contribution in [0.25, 0.3) is 10.9 Å². The monoisotopic (exact) mass is 559 g/mol. The van der Waals surface area contributed by atoms with Crippen LogP contribution in [0.2, 0.25) is 10.0 Å². The van der Waals surface area contributed by atoms with Gasteiger partial charge < -0.3 is 4.57 Å². The first-order chi connectivity index (χ1) is 18.4. The summed E-state index contributed by atoms with van der Waals surface area (Å²) in [5, 5.41) is 1.67. The van der Waals surface area contributed by atoms with E-state index >= 15 is 0 Å². The molecule has 0 spiro atoms. The summed E-state index contributed by atoms with van der Waals surface area (Å²) in [5.74, 6) is -0.700. The van der Waals surface area contributed by atoms with Crippen molar-refractivity contribution < 1.29 is 14.4 Å². The van der Waals surface area contributed by atoms with Crippen LogP contribution < -0.4 is 9.80 Å². The second-order valence-electron chi connectivity index (χ2n) is 11.4. The Morgan fingerprint density at radius 1 is 0.744 bits per heavy atom. The number of ketones is 1. The molecule has 0 saturated carbocycles. The molecule has 4 aromatic rings. The Morgan fingerprint density at radius 2 is 1.33 bits per heavy atom. The Balaban J connectivity index is 1.69. The predicted octanol–water partition coefficient (Wildman–Crippen LogP) is 7.72. The molecule has 1 fully saturated rings. The molecule has 6 rings (SSSR count). The van der Waals surface area contributed by atoms with Gasteiger partial charge in [0.15, 0.2) is 5.78 Å². The fourth-order valence-corrected chi connectivity index (χ4v) is 6.07. The van der Waals surface area contributed by atoms with E-state index in [2.05, 4.69) is 0 Å². The van der Waals surface area contributed by atoms with Gasteiger partial charge in [-0.2, -0.15) is 0 Å². The van der Waals surface area contributed by atoms with Crippen LogP contribution >= 0.6 is 23.2 Å². The summed E-state index contributed by atoms with van der Waals surface area (Å²) >= 11 is 12.6. The number of β-lactam (4-membered cyclic amide) rings is 1. The summed E-state index contributed by atoms with van der Waals surface area (Å²) in [7, 11) is 0. The van der Waals surface area contributed by atoms with Gasteiger partial charge in [0.05, 0.1) is 16.6 Å². The van der Waals surface area contributed by atoms with Crippen molar-refractivity contribution >= 4 is 68.8 Å². The number of anilines is 3. The highest BCUT2D eigenvalue weighted by Gasteiger charge is 2.59. The van der Waals surface area contributed by atoms with E-state index in [0.29, 0.717) is 38.0 Å². The molecule has 6 nitrogen and oxygen atoms in total. The van der Waals surface area contributed by atoms with Crippen molar-refractivity contribution in [2.45, 2.75) is 40.8 Å². The summed E-state index contributed by atoms with van der Waals surface area (Å²) in [5.41, 5.74) is 1.78. The van der Waals surface area contributed by atoms with Gasteiger partial charge in [-0.3, -0.25) is 24.2 Å². The summed E-state index contributed by atoms with van der Waals surface area (Å²) in [6.45, 7) is 9.06. The zero-order chi connectivity index (χ0) is 28.0. The highest BCUT2D eigenvalue weighted by Crippen LogP contribution is 2.55. The van der Waals surface area contributed by atoms with Crippen LogP contribution in [-0.4, -0.2) is 22.2 Å². The molecule has 1 unspecified atom stereocenters. The number of hydrogen-bond acceptors (Lipinski definition) is 3. The molecule has 8 heteroatoms. The summed E-state index contributed by atoms with van der Waals surface area (Å²) in [4.78, 5) is 45.1. The molecule has 198 valence electrons. The van der Waals surface area contributed by atoms with Gasteiger partial charge in [0.1, 0.15) is 17.3 Å². The Bertz CT molecular complexity index is 1700. The molecule has 39 heavy (non-hydrogen) atoms. The number of aryl methyl sites for hydroxylation is 1. The summed E-state index contributed by atoms with van der Waals surface area (Å²) in [6, 6.07) is 20.1. The van der Waals surface area contributed by atoms with E-state index in [4.69, 9.17) is 23.2 Å². The number of Topliss-reactive ketones (excluding diaryl/α,β-unsaturated/α-hetero) is 1. The number of hydrogen-bond donors (Lipinski definition) is 0. The number of amides is 2. The van der Waals surface area contributed by atoms with Gasteiger partial charge in [0, 0.05) is 26.8 Å². The third kappa shape index (κ3) is 3.51. The fourth-order valence-electron chi connectivity index (χ4n) is 5.77. The van der Waals surface area contributed by atoms with E-state index in [0.717, 1.165) is 11.3 Å². The lowest BCUT2D eigenvalue weighted by atomic mass is 9.76. The van der Waals surface area contributed by atoms with E-state index in [1.807, 2.05) is 55.7 Å². The lowest BCUT2D eigenvalue weighted by Crippen LogP contribution is -2.64. The van der Waals surface area contributed by atoms with Gasteiger partial charge in [-0.15, -0.1) is 0 Å². The van der Waals surface area contributed by atoms with Crippen molar-refractivity contribution in [3.8, 4) is 0 Å². The average molecular weight is 560 g/mol. The van der Waals surface area contributed by atoms with Crippen LogP contribution in [0.1, 0.15) is 49.9 Å². The standard InChI is InChI=1S/C31H27Cl2N3O3/c1-17-6-11-21(12-7-17)35-27(31(4,5)29(35)39)36-23-15-10-19(33)16-22(23)24-25(36)26(37)30(2,3)28(38)34(24)20-13-8-18(32)9-14-20/h6-16,27H,1-5H3. The first kappa shape index (κ1) is 25.7. The Kier molecular flexibility index (Phi) is 5.55. The number of aromatic nitrogens is 1. The van der Waals surface area contributed by atoms with Crippen molar-refractivity contribution in [2.75, 3.05) is 9.80 Å². The second-order valence-corrected chi connectivity index (χ2v) is 12.3. The Hall–Kier alpha value is -3.61.